The van der Waals surface area contributed by atoms with Crippen LogP contribution in [-0.4, -0.2) is 64.6 Å². The van der Waals surface area contributed by atoms with Crippen LogP contribution in [0.2, 0.25) is 0 Å². The van der Waals surface area contributed by atoms with Crippen LogP contribution in [0.1, 0.15) is 64.3 Å². The third kappa shape index (κ3) is 4.92. The van der Waals surface area contributed by atoms with E-state index in [0.717, 1.165) is 44.6 Å². The second-order valence-corrected chi connectivity index (χ2v) is 12.4. The van der Waals surface area contributed by atoms with Crippen LogP contribution in [0.15, 0.2) is 72.8 Å². The van der Waals surface area contributed by atoms with Crippen molar-refractivity contribution >= 4 is 17.7 Å². The first-order chi connectivity index (χ1) is 20.4. The van der Waals surface area contributed by atoms with Gasteiger partial charge in [-0.3, -0.25) is 29.5 Å². The van der Waals surface area contributed by atoms with Crippen LogP contribution >= 0.6 is 0 Å². The lowest BCUT2D eigenvalue weighted by molar-refractivity contribution is -0.136. The Morgan fingerprint density at radius 3 is 2.17 bits per heavy atom. The Bertz CT molecular complexity index is 1470. The Morgan fingerprint density at radius 2 is 1.55 bits per heavy atom. The normalized spacial score (nSPS) is 22.4. The maximum atomic E-state index is 15.2. The number of carbonyl (C=O) groups excluding carboxylic acids is 3. The summed E-state index contributed by atoms with van der Waals surface area (Å²) in [5.41, 5.74) is 4.47. The molecule has 0 saturated carbocycles. The lowest BCUT2D eigenvalue weighted by Gasteiger charge is -2.55. The van der Waals surface area contributed by atoms with Gasteiger partial charge in [0.1, 0.15) is 11.9 Å². The molecule has 3 aromatic carbocycles. The lowest BCUT2D eigenvalue weighted by atomic mass is 9.71. The monoisotopic (exact) mass is 566 g/mol. The number of benzene rings is 3. The second kappa shape index (κ2) is 10.7. The molecular weight excluding hydrogens is 531 g/mol. The van der Waals surface area contributed by atoms with Gasteiger partial charge in [-0.05, 0) is 66.1 Å². The number of piperidine rings is 2. The van der Waals surface area contributed by atoms with E-state index in [2.05, 4.69) is 75.8 Å². The van der Waals surface area contributed by atoms with Crippen molar-refractivity contribution in [3.63, 3.8) is 0 Å². The van der Waals surface area contributed by atoms with Crippen molar-refractivity contribution in [2.75, 3.05) is 26.2 Å². The Hall–Kier alpha value is -3.88. The van der Waals surface area contributed by atoms with Crippen LogP contribution in [0.5, 0.6) is 0 Å². The largest absolute Gasteiger partial charge is 0.322 e. The molecule has 1 unspecified atom stereocenters. The zero-order chi connectivity index (χ0) is 28.8. The summed E-state index contributed by atoms with van der Waals surface area (Å²) in [6, 6.07) is 24.4. The molecule has 3 fully saturated rings. The SMILES string of the molecule is O=C1CCC(N2Cc3cc(CN4CC5(CCN(C(c6ccccc6)c6ccccc6)CC5)C4)cc(F)c3C2=O)C(=O)N1. The van der Waals surface area contributed by atoms with Crippen molar-refractivity contribution in [2.24, 2.45) is 5.41 Å². The number of amides is 3. The molecule has 1 atom stereocenters. The fraction of sp³-hybridized carbons (Fsp3) is 0.382. The maximum Gasteiger partial charge on any atom is 0.258 e. The minimum absolute atomic E-state index is 0.0577. The molecule has 4 aliphatic heterocycles. The average molecular weight is 567 g/mol. The van der Waals surface area contributed by atoms with Crippen molar-refractivity contribution in [3.8, 4) is 0 Å². The highest BCUT2D eigenvalue weighted by molar-refractivity contribution is 6.05. The van der Waals surface area contributed by atoms with Gasteiger partial charge in [0.15, 0.2) is 0 Å². The second-order valence-electron chi connectivity index (χ2n) is 12.4. The molecule has 0 aromatic heterocycles. The van der Waals surface area contributed by atoms with Crippen molar-refractivity contribution in [1.29, 1.82) is 0 Å². The molecule has 3 saturated heterocycles. The molecule has 0 aliphatic carbocycles. The number of hydrogen-bond acceptors (Lipinski definition) is 5. The number of imide groups is 1. The minimum atomic E-state index is -0.741. The van der Waals surface area contributed by atoms with Gasteiger partial charge in [0, 0.05) is 32.6 Å². The van der Waals surface area contributed by atoms with E-state index in [1.54, 1.807) is 0 Å². The predicted octanol–water partition coefficient (Wildman–Crippen LogP) is 4.27. The fourth-order valence-electron chi connectivity index (χ4n) is 7.54. The molecular formula is C34H35FN4O3. The van der Waals surface area contributed by atoms with E-state index in [-0.39, 0.29) is 36.9 Å². The first kappa shape index (κ1) is 27.0. The number of hydrogen-bond donors (Lipinski definition) is 1. The smallest absolute Gasteiger partial charge is 0.258 e. The molecule has 7 rings (SSSR count). The van der Waals surface area contributed by atoms with Gasteiger partial charge in [0.25, 0.3) is 5.91 Å². The van der Waals surface area contributed by atoms with Crippen LogP contribution < -0.4 is 5.32 Å². The Labute approximate surface area is 245 Å². The number of likely N-dealkylation sites (tertiary alicyclic amines) is 2. The average Bonchev–Trinajstić information content (AvgIpc) is 3.30. The fourth-order valence-corrected chi connectivity index (χ4v) is 7.54. The number of carbonyl (C=O) groups is 3. The van der Waals surface area contributed by atoms with E-state index in [1.807, 2.05) is 6.07 Å². The molecule has 42 heavy (non-hydrogen) atoms. The van der Waals surface area contributed by atoms with Crippen LogP contribution in [0.4, 0.5) is 4.39 Å². The molecule has 3 amide bonds. The quantitative estimate of drug-likeness (QED) is 0.451. The first-order valence-corrected chi connectivity index (χ1v) is 14.9. The molecule has 1 spiro atoms. The molecule has 0 radical (unpaired) electrons. The number of rotatable bonds is 6. The van der Waals surface area contributed by atoms with Gasteiger partial charge in [-0.15, -0.1) is 0 Å². The Kier molecular flexibility index (Phi) is 6.91. The van der Waals surface area contributed by atoms with Crippen molar-refractivity contribution in [2.45, 2.75) is 50.9 Å². The maximum absolute atomic E-state index is 15.2. The third-order valence-electron chi connectivity index (χ3n) is 9.61. The zero-order valence-electron chi connectivity index (χ0n) is 23.6. The molecule has 3 aromatic rings. The molecule has 216 valence electrons. The van der Waals surface area contributed by atoms with Gasteiger partial charge < -0.3 is 4.90 Å². The molecule has 4 heterocycles. The summed E-state index contributed by atoms with van der Waals surface area (Å²) in [6.07, 6.45) is 2.71. The third-order valence-corrected chi connectivity index (χ3v) is 9.61. The van der Waals surface area contributed by atoms with Crippen LogP contribution in [-0.2, 0) is 22.7 Å². The number of nitrogens with zero attached hydrogens (tertiary/aromatic N) is 3. The molecule has 0 bridgehead atoms. The van der Waals surface area contributed by atoms with E-state index >= 15 is 4.39 Å². The molecule has 1 N–H and O–H groups in total. The van der Waals surface area contributed by atoms with Gasteiger partial charge in [-0.2, -0.15) is 0 Å². The summed E-state index contributed by atoms with van der Waals surface area (Å²) < 4.78 is 15.2. The first-order valence-electron chi connectivity index (χ1n) is 14.9. The standard InChI is InChI=1S/C34H35FN4O3/c35-27-18-23(17-26-20-39(33(42)30(26)27)28-11-12-29(40)36-32(28)41)19-37-21-34(22-37)13-15-38(16-14-34)31(24-7-3-1-4-8-24)25-9-5-2-6-10-25/h1-10,17-18,28,31H,11-16,19-22H2,(H,36,40,41). The van der Waals surface area contributed by atoms with Crippen molar-refractivity contribution in [1.82, 2.24) is 20.0 Å². The number of halogens is 1. The molecule has 8 heteroatoms. The summed E-state index contributed by atoms with van der Waals surface area (Å²) in [4.78, 5) is 43.3. The Morgan fingerprint density at radius 1 is 0.905 bits per heavy atom. The lowest BCUT2D eigenvalue weighted by Crippen LogP contribution is -2.60. The van der Waals surface area contributed by atoms with Crippen LogP contribution in [0.25, 0.3) is 0 Å². The van der Waals surface area contributed by atoms with Gasteiger partial charge in [0.2, 0.25) is 11.8 Å². The molecule has 4 aliphatic rings. The van der Waals surface area contributed by atoms with Gasteiger partial charge in [-0.25, -0.2) is 4.39 Å². The van der Waals surface area contributed by atoms with E-state index in [0.29, 0.717) is 17.5 Å². The van der Waals surface area contributed by atoms with Gasteiger partial charge in [-0.1, -0.05) is 66.7 Å². The summed E-state index contributed by atoms with van der Waals surface area (Å²) in [6.45, 7) is 4.88. The highest BCUT2D eigenvalue weighted by Crippen LogP contribution is 2.44. The highest BCUT2D eigenvalue weighted by Gasteiger charge is 2.46. The minimum Gasteiger partial charge on any atom is -0.322 e. The summed E-state index contributed by atoms with van der Waals surface area (Å²) in [5.74, 6) is -1.82. The van der Waals surface area contributed by atoms with Crippen molar-refractivity contribution < 1.29 is 18.8 Å². The summed E-state index contributed by atoms with van der Waals surface area (Å²) in [5, 5.41) is 2.30. The van der Waals surface area contributed by atoms with E-state index in [1.165, 1.54) is 22.1 Å². The highest BCUT2D eigenvalue weighted by atomic mass is 19.1. The Balaban J connectivity index is 0.984. The van der Waals surface area contributed by atoms with Crippen LogP contribution in [0.3, 0.4) is 0 Å². The van der Waals surface area contributed by atoms with E-state index in [4.69, 9.17) is 0 Å². The molecule has 7 nitrogen and oxygen atoms in total. The number of nitrogens with one attached hydrogen (secondary N) is 1. The van der Waals surface area contributed by atoms with E-state index in [9.17, 15) is 14.4 Å². The summed E-state index contributed by atoms with van der Waals surface area (Å²) >= 11 is 0. The van der Waals surface area contributed by atoms with Gasteiger partial charge in [0.05, 0.1) is 11.6 Å². The predicted molar refractivity (Wildman–Crippen MR) is 156 cm³/mol. The van der Waals surface area contributed by atoms with E-state index < -0.39 is 23.7 Å². The van der Waals surface area contributed by atoms with Crippen LogP contribution in [0, 0.1) is 11.2 Å². The topological polar surface area (TPSA) is 73.0 Å². The number of fused-ring (bicyclic) bond motifs is 1. The van der Waals surface area contributed by atoms with Gasteiger partial charge >= 0.3 is 0 Å². The van der Waals surface area contributed by atoms with Crippen molar-refractivity contribution in [3.05, 3.63) is 106 Å². The summed E-state index contributed by atoms with van der Waals surface area (Å²) in [7, 11) is 0. The zero-order valence-corrected chi connectivity index (χ0v) is 23.6.